The minimum atomic E-state index is 0.913. The van der Waals surface area contributed by atoms with Crippen LogP contribution in [0.5, 0.6) is 5.75 Å². The van der Waals surface area contributed by atoms with Crippen LogP contribution in [0.15, 0.2) is 22.0 Å². The van der Waals surface area contributed by atoms with E-state index in [4.69, 9.17) is 4.74 Å². The van der Waals surface area contributed by atoms with Crippen molar-refractivity contribution < 1.29 is 4.74 Å². The van der Waals surface area contributed by atoms with Crippen molar-refractivity contribution in [1.29, 1.82) is 0 Å². The van der Waals surface area contributed by atoms with Gasteiger partial charge in [0.25, 0.3) is 0 Å². The fourth-order valence-electron chi connectivity index (χ4n) is 1.51. The van der Waals surface area contributed by atoms with E-state index in [-0.39, 0.29) is 0 Å². The Morgan fingerprint density at radius 1 is 1.31 bits per heavy atom. The molecule has 84 valence electrons. The van der Waals surface area contributed by atoms with Gasteiger partial charge in [0.05, 0.1) is 16.6 Å². The Hall–Kier alpha value is -0.870. The van der Waals surface area contributed by atoms with Crippen molar-refractivity contribution in [3.8, 4) is 16.3 Å². The standard InChI is InChI=1S/C12H12BrNOS/c1-7-6-9(4-5-10(7)15-3)12-14-8(2)11(13)16-12/h4-6H,1-3H3. The second-order valence-electron chi connectivity index (χ2n) is 3.56. The van der Waals surface area contributed by atoms with Crippen LogP contribution >= 0.6 is 27.3 Å². The smallest absolute Gasteiger partial charge is 0.124 e. The van der Waals surface area contributed by atoms with E-state index in [2.05, 4.69) is 27.0 Å². The van der Waals surface area contributed by atoms with Gasteiger partial charge in [0.15, 0.2) is 0 Å². The lowest BCUT2D eigenvalue weighted by molar-refractivity contribution is 0.412. The van der Waals surface area contributed by atoms with Gasteiger partial charge in [-0.15, -0.1) is 11.3 Å². The molecular weight excluding hydrogens is 286 g/mol. The lowest BCUT2D eigenvalue weighted by atomic mass is 10.1. The van der Waals surface area contributed by atoms with Gasteiger partial charge in [-0.3, -0.25) is 0 Å². The van der Waals surface area contributed by atoms with E-state index >= 15 is 0 Å². The van der Waals surface area contributed by atoms with E-state index in [0.29, 0.717) is 0 Å². The van der Waals surface area contributed by atoms with Gasteiger partial charge >= 0.3 is 0 Å². The first-order valence-corrected chi connectivity index (χ1v) is 6.50. The molecule has 1 aromatic heterocycles. The van der Waals surface area contributed by atoms with Gasteiger partial charge in [0, 0.05) is 5.56 Å². The Bertz CT molecular complexity index is 502. The molecule has 0 fully saturated rings. The van der Waals surface area contributed by atoms with Crippen LogP contribution in [-0.4, -0.2) is 12.1 Å². The Morgan fingerprint density at radius 3 is 2.56 bits per heavy atom. The third kappa shape index (κ3) is 2.13. The Labute approximate surface area is 107 Å². The molecule has 0 saturated heterocycles. The maximum absolute atomic E-state index is 5.24. The molecule has 1 heterocycles. The summed E-state index contributed by atoms with van der Waals surface area (Å²) in [6.45, 7) is 4.04. The van der Waals surface area contributed by atoms with Crippen LogP contribution in [0, 0.1) is 13.8 Å². The summed E-state index contributed by atoms with van der Waals surface area (Å²) in [7, 11) is 1.69. The zero-order valence-electron chi connectivity index (χ0n) is 9.37. The number of hydrogen-bond donors (Lipinski definition) is 0. The summed E-state index contributed by atoms with van der Waals surface area (Å²) in [6, 6.07) is 6.12. The summed E-state index contributed by atoms with van der Waals surface area (Å²) >= 11 is 5.15. The molecule has 2 nitrogen and oxygen atoms in total. The number of ether oxygens (including phenoxy) is 1. The largest absolute Gasteiger partial charge is 0.496 e. The van der Waals surface area contributed by atoms with E-state index in [1.807, 2.05) is 26.0 Å². The van der Waals surface area contributed by atoms with Crippen molar-refractivity contribution in [2.75, 3.05) is 7.11 Å². The zero-order valence-corrected chi connectivity index (χ0v) is 11.8. The molecule has 0 spiro atoms. The molecule has 16 heavy (non-hydrogen) atoms. The summed E-state index contributed by atoms with van der Waals surface area (Å²) < 4.78 is 6.33. The molecule has 0 bridgehead atoms. The Kier molecular flexibility index (Phi) is 3.30. The molecule has 1 aromatic carbocycles. The highest BCUT2D eigenvalue weighted by Crippen LogP contribution is 2.33. The quantitative estimate of drug-likeness (QED) is 0.829. The molecule has 2 aromatic rings. The maximum atomic E-state index is 5.24. The normalized spacial score (nSPS) is 10.5. The van der Waals surface area contributed by atoms with Gasteiger partial charge < -0.3 is 4.74 Å². The van der Waals surface area contributed by atoms with Crippen LogP contribution in [0.4, 0.5) is 0 Å². The molecule has 0 aliphatic carbocycles. The number of methoxy groups -OCH3 is 1. The van der Waals surface area contributed by atoms with E-state index in [9.17, 15) is 0 Å². The maximum Gasteiger partial charge on any atom is 0.124 e. The highest BCUT2D eigenvalue weighted by Gasteiger charge is 2.08. The first-order valence-electron chi connectivity index (χ1n) is 4.89. The van der Waals surface area contributed by atoms with Gasteiger partial charge in [-0.2, -0.15) is 0 Å². The van der Waals surface area contributed by atoms with Crippen molar-refractivity contribution >= 4 is 27.3 Å². The molecule has 0 saturated carbocycles. The first-order chi connectivity index (χ1) is 7.61. The molecule has 0 amide bonds. The van der Waals surface area contributed by atoms with E-state index in [1.165, 1.54) is 0 Å². The topological polar surface area (TPSA) is 22.1 Å². The predicted octanol–water partition coefficient (Wildman–Crippen LogP) is 4.20. The van der Waals surface area contributed by atoms with E-state index in [0.717, 1.165) is 31.4 Å². The van der Waals surface area contributed by atoms with Gasteiger partial charge in [0.1, 0.15) is 10.8 Å². The highest BCUT2D eigenvalue weighted by molar-refractivity contribution is 9.11. The SMILES string of the molecule is COc1ccc(-c2nc(C)c(Br)s2)cc1C. The highest BCUT2D eigenvalue weighted by atomic mass is 79.9. The fraction of sp³-hybridized carbons (Fsp3) is 0.250. The number of rotatable bonds is 2. The number of hydrogen-bond acceptors (Lipinski definition) is 3. The second-order valence-corrected chi connectivity index (χ2v) is 5.88. The van der Waals surface area contributed by atoms with Crippen LogP contribution in [-0.2, 0) is 0 Å². The van der Waals surface area contributed by atoms with Crippen molar-refractivity contribution in [3.05, 3.63) is 33.2 Å². The van der Waals surface area contributed by atoms with E-state index < -0.39 is 0 Å². The summed E-state index contributed by atoms with van der Waals surface area (Å²) in [6.07, 6.45) is 0. The number of thiazole rings is 1. The van der Waals surface area contributed by atoms with E-state index in [1.54, 1.807) is 18.4 Å². The van der Waals surface area contributed by atoms with Gasteiger partial charge in [0.2, 0.25) is 0 Å². The molecule has 4 heteroatoms. The summed E-state index contributed by atoms with van der Waals surface area (Å²) in [5.74, 6) is 0.913. The van der Waals surface area contributed by atoms with Crippen LogP contribution in [0.2, 0.25) is 0 Å². The molecule has 0 unspecified atom stereocenters. The number of halogens is 1. The van der Waals surface area contributed by atoms with Crippen LogP contribution in [0.3, 0.4) is 0 Å². The first kappa shape index (κ1) is 11.6. The predicted molar refractivity (Wildman–Crippen MR) is 71.3 cm³/mol. The molecule has 0 atom stereocenters. The molecule has 0 radical (unpaired) electrons. The second kappa shape index (κ2) is 4.55. The Balaban J connectivity index is 2.45. The number of nitrogens with zero attached hydrogens (tertiary/aromatic N) is 1. The summed E-state index contributed by atoms with van der Waals surface area (Å²) in [5, 5.41) is 1.04. The molecule has 0 aliphatic rings. The minimum absolute atomic E-state index is 0.913. The molecule has 2 rings (SSSR count). The average molecular weight is 298 g/mol. The molecule has 0 N–H and O–H groups in total. The van der Waals surface area contributed by atoms with Gasteiger partial charge in [-0.05, 0) is 53.5 Å². The van der Waals surface area contributed by atoms with Crippen LogP contribution in [0.25, 0.3) is 10.6 Å². The zero-order chi connectivity index (χ0) is 11.7. The van der Waals surface area contributed by atoms with Crippen LogP contribution in [0.1, 0.15) is 11.3 Å². The molecular formula is C12H12BrNOS. The van der Waals surface area contributed by atoms with Crippen molar-refractivity contribution in [2.45, 2.75) is 13.8 Å². The van der Waals surface area contributed by atoms with Crippen molar-refractivity contribution in [2.24, 2.45) is 0 Å². The number of aryl methyl sites for hydroxylation is 2. The Morgan fingerprint density at radius 2 is 2.06 bits per heavy atom. The van der Waals surface area contributed by atoms with Crippen molar-refractivity contribution in [3.63, 3.8) is 0 Å². The number of aromatic nitrogens is 1. The summed E-state index contributed by atoms with van der Waals surface area (Å²) in [4.78, 5) is 4.51. The third-order valence-electron chi connectivity index (χ3n) is 2.38. The van der Waals surface area contributed by atoms with Gasteiger partial charge in [-0.1, -0.05) is 0 Å². The van der Waals surface area contributed by atoms with Gasteiger partial charge in [-0.25, -0.2) is 4.98 Å². The lowest BCUT2D eigenvalue weighted by Gasteiger charge is -2.05. The number of benzene rings is 1. The van der Waals surface area contributed by atoms with Crippen molar-refractivity contribution in [1.82, 2.24) is 4.98 Å². The fourth-order valence-corrected chi connectivity index (χ4v) is 2.85. The third-order valence-corrected chi connectivity index (χ3v) is 4.44. The van der Waals surface area contributed by atoms with Crippen LogP contribution < -0.4 is 4.74 Å². The molecule has 0 aliphatic heterocycles. The average Bonchev–Trinajstić information content (AvgIpc) is 2.59. The monoisotopic (exact) mass is 297 g/mol. The lowest BCUT2D eigenvalue weighted by Crippen LogP contribution is -1.87. The summed E-state index contributed by atoms with van der Waals surface area (Å²) in [5.41, 5.74) is 3.30. The minimum Gasteiger partial charge on any atom is -0.496 e.